The molecule has 0 aliphatic heterocycles. The molecular formula is C13H27NO2. The number of carbonyl (C=O) groups is 1. The summed E-state index contributed by atoms with van der Waals surface area (Å²) >= 11 is 0. The topological polar surface area (TPSA) is 38.3 Å². The van der Waals surface area contributed by atoms with Gasteiger partial charge in [0, 0.05) is 12.6 Å². The van der Waals surface area contributed by atoms with Crippen LogP contribution in [0.2, 0.25) is 0 Å². The Kier molecular flexibility index (Phi) is 5.47. The summed E-state index contributed by atoms with van der Waals surface area (Å²) in [5, 5.41) is 3.34. The molecule has 0 aliphatic rings. The van der Waals surface area contributed by atoms with E-state index in [1.54, 1.807) is 0 Å². The van der Waals surface area contributed by atoms with Crippen molar-refractivity contribution >= 4 is 5.97 Å². The summed E-state index contributed by atoms with van der Waals surface area (Å²) in [7, 11) is 0. The van der Waals surface area contributed by atoms with Crippen molar-refractivity contribution in [2.75, 3.05) is 6.54 Å². The van der Waals surface area contributed by atoms with Gasteiger partial charge in [0.05, 0.1) is 6.42 Å². The monoisotopic (exact) mass is 229 g/mol. The van der Waals surface area contributed by atoms with Crippen molar-refractivity contribution < 1.29 is 9.53 Å². The van der Waals surface area contributed by atoms with E-state index in [1.807, 2.05) is 27.7 Å². The lowest BCUT2D eigenvalue weighted by atomic mass is 9.96. The molecule has 0 saturated carbocycles. The van der Waals surface area contributed by atoms with E-state index in [1.165, 1.54) is 0 Å². The van der Waals surface area contributed by atoms with Gasteiger partial charge in [-0.05, 0) is 33.1 Å². The molecule has 0 fully saturated rings. The van der Waals surface area contributed by atoms with Crippen molar-refractivity contribution in [1.82, 2.24) is 5.32 Å². The first-order valence-electron chi connectivity index (χ1n) is 5.95. The Morgan fingerprint density at radius 2 is 1.69 bits per heavy atom. The van der Waals surface area contributed by atoms with Gasteiger partial charge in [-0.25, -0.2) is 0 Å². The number of hydrogen-bond donors (Lipinski definition) is 1. The molecule has 16 heavy (non-hydrogen) atoms. The lowest BCUT2D eigenvalue weighted by Crippen LogP contribution is -2.36. The fourth-order valence-corrected chi connectivity index (χ4v) is 1.19. The largest absolute Gasteiger partial charge is 0.460 e. The second kappa shape index (κ2) is 5.67. The molecule has 0 aromatic heterocycles. The predicted octanol–water partition coefficient (Wildman–Crippen LogP) is 2.74. The molecule has 3 heteroatoms. The van der Waals surface area contributed by atoms with E-state index >= 15 is 0 Å². The number of ether oxygens (including phenoxy) is 1. The summed E-state index contributed by atoms with van der Waals surface area (Å²) in [5.41, 5.74) is -0.150. The molecule has 0 amide bonds. The second-order valence-electron chi connectivity index (χ2n) is 6.63. The summed E-state index contributed by atoms with van der Waals surface area (Å²) < 4.78 is 5.26. The summed E-state index contributed by atoms with van der Waals surface area (Å²) in [5.74, 6) is -0.138. The summed E-state index contributed by atoms with van der Waals surface area (Å²) in [4.78, 5) is 11.5. The SMILES string of the molecule is CC(CC(=O)OC(C)(C)C)NCC(C)(C)C. The van der Waals surface area contributed by atoms with Gasteiger partial charge in [-0.2, -0.15) is 0 Å². The maximum absolute atomic E-state index is 11.5. The molecule has 0 aromatic carbocycles. The molecule has 96 valence electrons. The minimum atomic E-state index is -0.388. The van der Waals surface area contributed by atoms with E-state index in [0.29, 0.717) is 6.42 Å². The van der Waals surface area contributed by atoms with Gasteiger partial charge in [0.15, 0.2) is 0 Å². The highest BCUT2D eigenvalue weighted by atomic mass is 16.6. The van der Waals surface area contributed by atoms with Crippen LogP contribution in [0.1, 0.15) is 54.9 Å². The highest BCUT2D eigenvalue weighted by Crippen LogP contribution is 2.12. The Morgan fingerprint density at radius 3 is 2.06 bits per heavy atom. The maximum Gasteiger partial charge on any atom is 0.307 e. The first kappa shape index (κ1) is 15.4. The Balaban J connectivity index is 3.88. The van der Waals surface area contributed by atoms with Crippen molar-refractivity contribution in [3.63, 3.8) is 0 Å². The first-order valence-corrected chi connectivity index (χ1v) is 5.95. The van der Waals surface area contributed by atoms with E-state index in [0.717, 1.165) is 6.54 Å². The molecule has 0 saturated heterocycles. The molecule has 3 nitrogen and oxygen atoms in total. The Bertz CT molecular complexity index is 223. The number of rotatable bonds is 4. The van der Waals surface area contributed by atoms with E-state index in [9.17, 15) is 4.79 Å². The molecule has 0 aliphatic carbocycles. The third-order valence-electron chi connectivity index (χ3n) is 1.87. The van der Waals surface area contributed by atoms with Gasteiger partial charge in [-0.1, -0.05) is 20.8 Å². The average molecular weight is 229 g/mol. The molecule has 1 unspecified atom stereocenters. The van der Waals surface area contributed by atoms with E-state index in [2.05, 4.69) is 26.1 Å². The minimum Gasteiger partial charge on any atom is -0.460 e. The van der Waals surface area contributed by atoms with Gasteiger partial charge < -0.3 is 10.1 Å². The molecule has 0 rings (SSSR count). The van der Waals surface area contributed by atoms with Crippen LogP contribution in [0.15, 0.2) is 0 Å². The highest BCUT2D eigenvalue weighted by Gasteiger charge is 2.19. The fourth-order valence-electron chi connectivity index (χ4n) is 1.19. The van der Waals surface area contributed by atoms with Crippen LogP contribution in [0.5, 0.6) is 0 Å². The molecule has 1 atom stereocenters. The minimum absolute atomic E-state index is 0.138. The van der Waals surface area contributed by atoms with Crippen LogP contribution in [0.4, 0.5) is 0 Å². The van der Waals surface area contributed by atoms with Crippen LogP contribution in [0, 0.1) is 5.41 Å². The van der Waals surface area contributed by atoms with Crippen molar-refractivity contribution in [2.24, 2.45) is 5.41 Å². The molecule has 0 radical (unpaired) electrons. The number of nitrogens with one attached hydrogen (secondary N) is 1. The molecule has 0 aromatic rings. The molecule has 0 bridgehead atoms. The summed E-state index contributed by atoms with van der Waals surface area (Å²) in [6.07, 6.45) is 0.424. The van der Waals surface area contributed by atoms with Crippen LogP contribution >= 0.6 is 0 Å². The van der Waals surface area contributed by atoms with Crippen LogP contribution in [0.25, 0.3) is 0 Å². The van der Waals surface area contributed by atoms with Gasteiger partial charge >= 0.3 is 5.97 Å². The lowest BCUT2D eigenvalue weighted by molar-refractivity contribution is -0.155. The van der Waals surface area contributed by atoms with Crippen molar-refractivity contribution in [3.05, 3.63) is 0 Å². The normalized spacial score (nSPS) is 14.7. The quantitative estimate of drug-likeness (QED) is 0.753. The van der Waals surface area contributed by atoms with E-state index in [4.69, 9.17) is 4.74 Å². The standard InChI is InChI=1S/C13H27NO2/c1-10(14-9-12(2,3)4)8-11(15)16-13(5,6)7/h10,14H,8-9H2,1-7H3. The van der Waals surface area contributed by atoms with Crippen LogP contribution < -0.4 is 5.32 Å². The number of carbonyl (C=O) groups excluding carboxylic acids is 1. The first-order chi connectivity index (χ1) is 6.99. The predicted molar refractivity (Wildman–Crippen MR) is 67.4 cm³/mol. The Labute approximate surface area is 99.9 Å². The Morgan fingerprint density at radius 1 is 1.19 bits per heavy atom. The summed E-state index contributed by atoms with van der Waals surface area (Å²) in [6.45, 7) is 15.1. The van der Waals surface area contributed by atoms with Crippen LogP contribution in [0.3, 0.4) is 0 Å². The van der Waals surface area contributed by atoms with Crippen molar-refractivity contribution in [2.45, 2.75) is 66.5 Å². The van der Waals surface area contributed by atoms with Crippen molar-refractivity contribution in [1.29, 1.82) is 0 Å². The molecule has 0 heterocycles. The maximum atomic E-state index is 11.5. The molecular weight excluding hydrogens is 202 g/mol. The van der Waals surface area contributed by atoms with Crippen molar-refractivity contribution in [3.8, 4) is 0 Å². The van der Waals surface area contributed by atoms with E-state index < -0.39 is 0 Å². The fraction of sp³-hybridized carbons (Fsp3) is 0.923. The van der Waals surface area contributed by atoms with Gasteiger partial charge in [0.1, 0.15) is 5.60 Å². The van der Waals surface area contributed by atoms with Gasteiger partial charge in [0.2, 0.25) is 0 Å². The summed E-state index contributed by atoms with van der Waals surface area (Å²) in [6, 6.07) is 0.161. The zero-order valence-electron chi connectivity index (χ0n) is 11.8. The highest BCUT2D eigenvalue weighted by molar-refractivity contribution is 5.70. The van der Waals surface area contributed by atoms with Crippen LogP contribution in [-0.4, -0.2) is 24.2 Å². The lowest BCUT2D eigenvalue weighted by Gasteiger charge is -2.24. The van der Waals surface area contributed by atoms with Gasteiger partial charge in [0.25, 0.3) is 0 Å². The zero-order chi connectivity index (χ0) is 13.0. The third-order valence-corrected chi connectivity index (χ3v) is 1.87. The van der Waals surface area contributed by atoms with Gasteiger partial charge in [-0.15, -0.1) is 0 Å². The molecule has 1 N–H and O–H groups in total. The number of hydrogen-bond acceptors (Lipinski definition) is 3. The zero-order valence-corrected chi connectivity index (χ0v) is 11.8. The average Bonchev–Trinajstić information content (AvgIpc) is 1.95. The molecule has 0 spiro atoms. The third kappa shape index (κ3) is 9.97. The Hall–Kier alpha value is -0.570. The van der Waals surface area contributed by atoms with Gasteiger partial charge in [-0.3, -0.25) is 4.79 Å². The second-order valence-corrected chi connectivity index (χ2v) is 6.63. The number of esters is 1. The van der Waals surface area contributed by atoms with E-state index in [-0.39, 0.29) is 23.0 Å². The van der Waals surface area contributed by atoms with Crippen LogP contribution in [-0.2, 0) is 9.53 Å². The smallest absolute Gasteiger partial charge is 0.307 e.